The summed E-state index contributed by atoms with van der Waals surface area (Å²) >= 11 is 0. The molecule has 12 aliphatic rings. The zero-order valence-electron chi connectivity index (χ0n) is 54.9. The topological polar surface area (TPSA) is 473 Å². The molecule has 39 unspecified atom stereocenters. The number of allylic oxidation sites excluding steroid dienone is 1. The van der Waals surface area contributed by atoms with Crippen LogP contribution in [0.2, 0.25) is 0 Å². The molecule has 12 fully saturated rings. The van der Waals surface area contributed by atoms with Crippen LogP contribution in [0, 0.1) is 45.3 Å². The number of aliphatic hydroxyl groups excluding tert-OH is 16. The normalized spacial score (nSPS) is 56.8. The van der Waals surface area contributed by atoms with E-state index in [9.17, 15) is 86.8 Å². The molecule has 4 saturated carbocycles. The monoisotopic (exact) mass is 1370 g/mol. The second kappa shape index (κ2) is 27.3. The first-order chi connectivity index (χ1) is 44.6. The first-order valence-electron chi connectivity index (χ1n) is 33.8. The molecule has 2 bridgehead atoms. The predicted molar refractivity (Wildman–Crippen MR) is 315 cm³/mol. The third-order valence-electron chi connectivity index (χ3n) is 24.6. The summed E-state index contributed by atoms with van der Waals surface area (Å²) in [7, 11) is 0. The van der Waals surface area contributed by atoms with Gasteiger partial charge < -0.3 is 153 Å². The molecule has 31 nitrogen and oxygen atoms in total. The van der Waals surface area contributed by atoms with Gasteiger partial charge in [-0.3, -0.25) is 0 Å². The van der Waals surface area contributed by atoms with Gasteiger partial charge in [-0.05, 0) is 100 Å². The smallest absolute Gasteiger partial charge is 0.187 e. The third-order valence-corrected chi connectivity index (χ3v) is 24.6. The van der Waals surface area contributed by atoms with Gasteiger partial charge in [0.2, 0.25) is 0 Å². The van der Waals surface area contributed by atoms with Gasteiger partial charge in [-0.25, -0.2) is 0 Å². The second-order valence-corrected chi connectivity index (χ2v) is 31.0. The van der Waals surface area contributed by atoms with Gasteiger partial charge in [-0.15, -0.1) is 0 Å². The van der Waals surface area contributed by atoms with Crippen molar-refractivity contribution in [3.8, 4) is 0 Å². The molecule has 0 aromatic carbocycles. The van der Waals surface area contributed by atoms with Crippen LogP contribution in [0.1, 0.15) is 107 Å². The Morgan fingerprint density at radius 3 is 1.73 bits per heavy atom. The van der Waals surface area contributed by atoms with Crippen molar-refractivity contribution in [3.05, 3.63) is 11.6 Å². The van der Waals surface area contributed by atoms with Crippen LogP contribution in [0.25, 0.3) is 0 Å². The van der Waals surface area contributed by atoms with Gasteiger partial charge in [-0.1, -0.05) is 39.3 Å². The van der Waals surface area contributed by atoms with Crippen LogP contribution in [-0.4, -0.2) is 322 Å². The predicted octanol–water partition coefficient (Wildman–Crippen LogP) is -4.89. The standard InChI is InChI=1S/C64H104O31/c1-24(2)15-26-16-62(8,81)52-27-9-10-34-60(6)13-12-35(59(4,5)33(60)11-14-61(34,7)63(27)22-64(52,95-26)86-23-63)91-57-51(94-56-48(80)41(73)36(68)25(3)87-56)49(29(67)19-83-57)92-58-50(93-55-45(77)37(69)28(66)18-82-55)44(76)40(72)32(90-58)21-85-54-47(79)43(75)39(71)31(89-54)20-84-53-46(78)42(74)38(70)30(17-65)88-53/h15,25-58,65-81H,9-14,16-23H2,1-8H3. The van der Waals surface area contributed by atoms with Crippen molar-refractivity contribution in [1.29, 1.82) is 0 Å². The molecule has 4 aliphatic carbocycles. The molecule has 8 aliphatic heterocycles. The van der Waals surface area contributed by atoms with E-state index in [4.69, 9.17) is 66.3 Å². The van der Waals surface area contributed by atoms with Crippen LogP contribution in [0.15, 0.2) is 11.6 Å². The van der Waals surface area contributed by atoms with Gasteiger partial charge in [-0.2, -0.15) is 0 Å². The van der Waals surface area contributed by atoms with Crippen LogP contribution < -0.4 is 0 Å². The molecule has 0 aromatic heterocycles. The number of ether oxygens (including phenoxy) is 14. The Kier molecular flexibility index (Phi) is 21.0. The summed E-state index contributed by atoms with van der Waals surface area (Å²) < 4.78 is 87.1. The van der Waals surface area contributed by atoms with Gasteiger partial charge >= 0.3 is 0 Å². The van der Waals surface area contributed by atoms with E-state index in [1.54, 1.807) is 0 Å². The van der Waals surface area contributed by atoms with Crippen molar-refractivity contribution >= 4 is 0 Å². The first kappa shape index (κ1) is 73.3. The second-order valence-electron chi connectivity index (χ2n) is 31.0. The van der Waals surface area contributed by atoms with Crippen LogP contribution in [0.4, 0.5) is 0 Å². The lowest BCUT2D eigenvalue weighted by atomic mass is 9.35. The summed E-state index contributed by atoms with van der Waals surface area (Å²) in [5.41, 5.74) is -1.15. The molecule has 12 rings (SSSR count). The number of fused-ring (bicyclic) bond motifs is 4. The quantitative estimate of drug-likeness (QED) is 0.0509. The van der Waals surface area contributed by atoms with E-state index in [-0.39, 0.29) is 46.0 Å². The van der Waals surface area contributed by atoms with Crippen molar-refractivity contribution in [2.75, 3.05) is 39.6 Å². The number of hydrogen-bond donors (Lipinski definition) is 17. The summed E-state index contributed by atoms with van der Waals surface area (Å²) in [6.07, 6.45) is -42.5. The summed E-state index contributed by atoms with van der Waals surface area (Å²) in [4.78, 5) is 0. The highest BCUT2D eigenvalue weighted by Crippen LogP contribution is 2.80. The maximum atomic E-state index is 12.4. The average molecular weight is 1370 g/mol. The molecule has 0 aromatic rings. The number of rotatable bonds is 16. The molecule has 0 amide bonds. The van der Waals surface area contributed by atoms with Crippen LogP contribution in [0.5, 0.6) is 0 Å². The lowest BCUT2D eigenvalue weighted by Gasteiger charge is -2.70. The molecule has 39 atom stereocenters. The minimum atomic E-state index is -2.12. The molecule has 17 N–H and O–H groups in total. The van der Waals surface area contributed by atoms with Gasteiger partial charge in [0.1, 0.15) is 128 Å². The minimum Gasteiger partial charge on any atom is -0.394 e. The molecular weight excluding hydrogens is 1260 g/mol. The Morgan fingerprint density at radius 2 is 1.07 bits per heavy atom. The molecule has 0 radical (unpaired) electrons. The Hall–Kier alpha value is -1.50. The average Bonchev–Trinajstić information content (AvgIpc) is 1.58. The highest BCUT2D eigenvalue weighted by molar-refractivity contribution is 5.27. The Bertz CT molecular complexity index is 2660. The zero-order valence-corrected chi connectivity index (χ0v) is 54.9. The summed E-state index contributed by atoms with van der Waals surface area (Å²) in [5.74, 6) is -0.577. The molecule has 95 heavy (non-hydrogen) atoms. The highest BCUT2D eigenvalue weighted by Gasteiger charge is 2.81. The zero-order chi connectivity index (χ0) is 68.7. The fourth-order valence-corrected chi connectivity index (χ4v) is 19.7. The number of aliphatic hydroxyl groups is 17. The van der Waals surface area contributed by atoms with Crippen molar-refractivity contribution in [2.45, 2.75) is 302 Å². The Morgan fingerprint density at radius 1 is 0.516 bits per heavy atom. The molecule has 2 spiro atoms. The molecule has 546 valence electrons. The third kappa shape index (κ3) is 12.6. The van der Waals surface area contributed by atoms with Crippen molar-refractivity contribution in [3.63, 3.8) is 0 Å². The van der Waals surface area contributed by atoms with E-state index in [0.717, 1.165) is 37.7 Å². The first-order valence-corrected chi connectivity index (χ1v) is 33.8. The van der Waals surface area contributed by atoms with E-state index in [0.29, 0.717) is 25.9 Å². The van der Waals surface area contributed by atoms with Crippen LogP contribution in [-0.2, 0) is 66.3 Å². The van der Waals surface area contributed by atoms with Crippen molar-refractivity contribution in [1.82, 2.24) is 0 Å². The van der Waals surface area contributed by atoms with E-state index in [1.807, 2.05) is 20.8 Å². The van der Waals surface area contributed by atoms with Gasteiger partial charge in [0.05, 0.1) is 63.6 Å². The Balaban J connectivity index is 0.800. The molecule has 8 saturated heterocycles. The van der Waals surface area contributed by atoms with E-state index >= 15 is 0 Å². The Labute approximate surface area is 550 Å². The summed E-state index contributed by atoms with van der Waals surface area (Å²) in [5, 5.41) is 188. The van der Waals surface area contributed by atoms with Crippen molar-refractivity contribution < 1.29 is 153 Å². The lowest BCUT2D eigenvalue weighted by molar-refractivity contribution is -0.401. The van der Waals surface area contributed by atoms with E-state index in [1.165, 1.54) is 6.92 Å². The minimum absolute atomic E-state index is 0.0736. The van der Waals surface area contributed by atoms with Gasteiger partial charge in [0, 0.05) is 24.2 Å². The van der Waals surface area contributed by atoms with Crippen LogP contribution in [0.3, 0.4) is 0 Å². The maximum Gasteiger partial charge on any atom is 0.187 e. The van der Waals surface area contributed by atoms with Crippen molar-refractivity contribution in [2.24, 2.45) is 45.3 Å². The maximum absolute atomic E-state index is 12.4. The van der Waals surface area contributed by atoms with Crippen LogP contribution >= 0.6 is 0 Å². The number of hydrogen-bond acceptors (Lipinski definition) is 31. The molecular formula is C64H104O31. The molecule has 31 heteroatoms. The lowest BCUT2D eigenvalue weighted by Crippen LogP contribution is -2.68. The van der Waals surface area contributed by atoms with Gasteiger partial charge in [0.25, 0.3) is 0 Å². The molecule has 8 heterocycles. The largest absolute Gasteiger partial charge is 0.394 e. The fraction of sp³-hybridized carbons (Fsp3) is 0.969. The van der Waals surface area contributed by atoms with E-state index < -0.39 is 228 Å². The SMILES string of the molecule is CC(C)=CC1CC(C)(O)C2C3CCC4C5(C)CCC(OC6OCC(O)C(OC7OC(COC8OC(COC9OC(CO)C(O)C(O)C9O)C(O)C(O)C8O)C(O)C(O)C7OC7OCC(O)C(O)C7O)C6OC6OC(C)C(O)C(O)C6O)C(C)(C)C5CCC4(C)C34COC2(C4)O1. The fourth-order valence-electron chi connectivity index (χ4n) is 19.7. The van der Waals surface area contributed by atoms with E-state index in [2.05, 4.69) is 33.8 Å². The summed E-state index contributed by atoms with van der Waals surface area (Å²) in [6, 6.07) is 0. The summed E-state index contributed by atoms with van der Waals surface area (Å²) in [6.45, 7) is 13.8. The highest BCUT2D eigenvalue weighted by atomic mass is 16.8. The van der Waals surface area contributed by atoms with Gasteiger partial charge in [0.15, 0.2) is 43.5 Å².